The first-order valence-corrected chi connectivity index (χ1v) is 8.77. The Hall–Kier alpha value is -0.850. The van der Waals surface area contributed by atoms with Crippen molar-refractivity contribution in [3.63, 3.8) is 0 Å². The van der Waals surface area contributed by atoms with Crippen molar-refractivity contribution in [3.8, 4) is 0 Å². The van der Waals surface area contributed by atoms with Crippen LogP contribution in [0, 0.1) is 5.41 Å². The van der Waals surface area contributed by atoms with Gasteiger partial charge in [0.05, 0.1) is 6.61 Å². The van der Waals surface area contributed by atoms with E-state index in [1.54, 1.807) is 14.2 Å². The van der Waals surface area contributed by atoms with Crippen molar-refractivity contribution >= 4 is 5.96 Å². The monoisotopic (exact) mass is 328 g/mol. The van der Waals surface area contributed by atoms with Crippen molar-refractivity contribution in [2.75, 3.05) is 67.7 Å². The number of nitrogens with zero attached hydrogens (tertiary/aromatic N) is 2. The van der Waals surface area contributed by atoms with Gasteiger partial charge in [0.25, 0.3) is 0 Å². The number of hydrogen-bond acceptors (Lipinski definition) is 4. The first-order chi connectivity index (χ1) is 11.2. The van der Waals surface area contributed by atoms with Gasteiger partial charge in [-0.05, 0) is 44.7 Å². The molecule has 136 valence electrons. The Balaban J connectivity index is 2.17. The Morgan fingerprint density at radius 2 is 1.87 bits per heavy atom. The molecule has 0 heterocycles. The predicted octanol–water partition coefficient (Wildman–Crippen LogP) is 1.33. The predicted molar refractivity (Wildman–Crippen MR) is 96.1 cm³/mol. The van der Waals surface area contributed by atoms with Gasteiger partial charge in [-0.2, -0.15) is 0 Å². The highest BCUT2D eigenvalue weighted by atomic mass is 16.5. The minimum absolute atomic E-state index is 0.411. The van der Waals surface area contributed by atoms with E-state index in [2.05, 4.69) is 27.6 Å². The first-order valence-electron chi connectivity index (χ1n) is 8.77. The van der Waals surface area contributed by atoms with Crippen molar-refractivity contribution in [1.29, 1.82) is 0 Å². The summed E-state index contributed by atoms with van der Waals surface area (Å²) in [6.07, 6.45) is 6.16. The molecule has 1 aliphatic rings. The zero-order chi connectivity index (χ0) is 17.0. The molecule has 0 spiro atoms. The average molecular weight is 329 g/mol. The van der Waals surface area contributed by atoms with E-state index in [1.807, 2.05) is 7.05 Å². The molecule has 1 saturated carbocycles. The van der Waals surface area contributed by atoms with E-state index in [0.717, 1.165) is 58.2 Å². The molecule has 0 saturated heterocycles. The average Bonchev–Trinajstić information content (AvgIpc) is 2.53. The summed E-state index contributed by atoms with van der Waals surface area (Å²) in [6, 6.07) is 0. The molecule has 1 fully saturated rings. The molecule has 0 unspecified atom stereocenters. The molecular formula is C17H36N4O2. The van der Waals surface area contributed by atoms with Crippen LogP contribution >= 0.6 is 0 Å². The molecule has 0 bridgehead atoms. The van der Waals surface area contributed by atoms with Crippen LogP contribution in [0.5, 0.6) is 0 Å². The van der Waals surface area contributed by atoms with E-state index in [4.69, 9.17) is 9.47 Å². The van der Waals surface area contributed by atoms with Gasteiger partial charge in [0, 0.05) is 47.5 Å². The number of rotatable bonds is 12. The van der Waals surface area contributed by atoms with Crippen LogP contribution in [0.15, 0.2) is 4.99 Å². The third-order valence-electron chi connectivity index (χ3n) is 4.79. The number of guanidine groups is 1. The fourth-order valence-corrected chi connectivity index (χ4v) is 2.92. The maximum absolute atomic E-state index is 5.25. The summed E-state index contributed by atoms with van der Waals surface area (Å²) in [7, 11) is 7.49. The Bertz CT molecular complexity index is 333. The van der Waals surface area contributed by atoms with Gasteiger partial charge in [-0.15, -0.1) is 0 Å². The maximum atomic E-state index is 5.25. The summed E-state index contributed by atoms with van der Waals surface area (Å²) < 4.78 is 10.3. The van der Waals surface area contributed by atoms with Crippen molar-refractivity contribution in [3.05, 3.63) is 0 Å². The van der Waals surface area contributed by atoms with Crippen molar-refractivity contribution in [2.45, 2.75) is 32.1 Å². The number of ether oxygens (including phenoxy) is 2. The Kier molecular flexibility index (Phi) is 10.2. The molecule has 0 aliphatic heterocycles. The second-order valence-electron chi connectivity index (χ2n) is 6.60. The second-order valence-corrected chi connectivity index (χ2v) is 6.60. The molecule has 0 radical (unpaired) electrons. The standard InChI is InChI=1S/C17H36N4O2/c1-18-16(19-10-6-11-21(2)12-14-23-4)20-15-17(7-5-8-17)9-13-22-3/h5-15H2,1-4H3,(H2,18,19,20). The maximum Gasteiger partial charge on any atom is 0.190 e. The zero-order valence-corrected chi connectivity index (χ0v) is 15.5. The van der Waals surface area contributed by atoms with Crippen molar-refractivity contribution < 1.29 is 9.47 Å². The molecular weight excluding hydrogens is 292 g/mol. The summed E-state index contributed by atoms with van der Waals surface area (Å²) in [5, 5.41) is 6.90. The lowest BCUT2D eigenvalue weighted by Crippen LogP contribution is -2.47. The molecule has 23 heavy (non-hydrogen) atoms. The molecule has 0 aromatic rings. The summed E-state index contributed by atoms with van der Waals surface area (Å²) in [6.45, 7) is 5.60. The molecule has 6 heteroatoms. The van der Waals surface area contributed by atoms with E-state index < -0.39 is 0 Å². The number of methoxy groups -OCH3 is 2. The van der Waals surface area contributed by atoms with Gasteiger partial charge in [0.1, 0.15) is 0 Å². The van der Waals surface area contributed by atoms with Crippen LogP contribution in [0.4, 0.5) is 0 Å². The molecule has 0 amide bonds. The van der Waals surface area contributed by atoms with E-state index in [1.165, 1.54) is 19.3 Å². The normalized spacial score (nSPS) is 17.2. The van der Waals surface area contributed by atoms with Gasteiger partial charge < -0.3 is 25.0 Å². The lowest BCUT2D eigenvalue weighted by atomic mass is 9.67. The van der Waals surface area contributed by atoms with Crippen molar-refractivity contribution in [2.24, 2.45) is 10.4 Å². The van der Waals surface area contributed by atoms with Gasteiger partial charge in [0.15, 0.2) is 5.96 Å². The summed E-state index contributed by atoms with van der Waals surface area (Å²) in [5.41, 5.74) is 0.411. The second kappa shape index (κ2) is 11.6. The van der Waals surface area contributed by atoms with Gasteiger partial charge in [-0.1, -0.05) is 6.42 Å². The molecule has 1 rings (SSSR count). The largest absolute Gasteiger partial charge is 0.385 e. The Morgan fingerprint density at radius 1 is 1.13 bits per heavy atom. The van der Waals surface area contributed by atoms with Crippen LogP contribution in [-0.2, 0) is 9.47 Å². The highest BCUT2D eigenvalue weighted by Crippen LogP contribution is 2.43. The highest BCUT2D eigenvalue weighted by Gasteiger charge is 2.36. The van der Waals surface area contributed by atoms with E-state index in [9.17, 15) is 0 Å². The zero-order valence-electron chi connectivity index (χ0n) is 15.5. The van der Waals surface area contributed by atoms with Gasteiger partial charge in [-0.3, -0.25) is 4.99 Å². The van der Waals surface area contributed by atoms with E-state index >= 15 is 0 Å². The lowest BCUT2D eigenvalue weighted by Gasteiger charge is -2.42. The smallest absolute Gasteiger partial charge is 0.190 e. The Labute approximate surface area is 142 Å². The van der Waals surface area contributed by atoms with Gasteiger partial charge in [-0.25, -0.2) is 0 Å². The molecule has 6 nitrogen and oxygen atoms in total. The fraction of sp³-hybridized carbons (Fsp3) is 0.941. The van der Waals surface area contributed by atoms with Crippen molar-refractivity contribution in [1.82, 2.24) is 15.5 Å². The lowest BCUT2D eigenvalue weighted by molar-refractivity contribution is 0.0732. The molecule has 0 aromatic heterocycles. The fourth-order valence-electron chi connectivity index (χ4n) is 2.92. The van der Waals surface area contributed by atoms with Crippen LogP contribution in [-0.4, -0.2) is 78.6 Å². The minimum atomic E-state index is 0.411. The summed E-state index contributed by atoms with van der Waals surface area (Å²) >= 11 is 0. The Morgan fingerprint density at radius 3 is 2.43 bits per heavy atom. The highest BCUT2D eigenvalue weighted by molar-refractivity contribution is 5.79. The van der Waals surface area contributed by atoms with Gasteiger partial charge in [0.2, 0.25) is 0 Å². The van der Waals surface area contributed by atoms with Crippen LogP contribution < -0.4 is 10.6 Å². The summed E-state index contributed by atoms with van der Waals surface area (Å²) in [5.74, 6) is 0.910. The molecule has 2 N–H and O–H groups in total. The van der Waals surface area contributed by atoms with Crippen LogP contribution in [0.2, 0.25) is 0 Å². The number of hydrogen-bond donors (Lipinski definition) is 2. The van der Waals surface area contributed by atoms with Gasteiger partial charge >= 0.3 is 0 Å². The minimum Gasteiger partial charge on any atom is -0.385 e. The third-order valence-corrected chi connectivity index (χ3v) is 4.79. The number of likely N-dealkylation sites (N-methyl/N-ethyl adjacent to an activating group) is 1. The quantitative estimate of drug-likeness (QED) is 0.321. The van der Waals surface area contributed by atoms with Crippen LogP contribution in [0.1, 0.15) is 32.1 Å². The third kappa shape index (κ3) is 7.99. The number of nitrogens with one attached hydrogen (secondary N) is 2. The molecule has 1 aliphatic carbocycles. The molecule has 0 aromatic carbocycles. The molecule has 0 atom stereocenters. The first kappa shape index (κ1) is 20.2. The SMILES string of the molecule is CN=C(NCCCN(C)CCOC)NCC1(CCOC)CCC1. The van der Waals surface area contributed by atoms with E-state index in [-0.39, 0.29) is 0 Å². The topological polar surface area (TPSA) is 58.1 Å². The van der Waals surface area contributed by atoms with Crippen LogP contribution in [0.3, 0.4) is 0 Å². The summed E-state index contributed by atoms with van der Waals surface area (Å²) in [4.78, 5) is 6.61. The van der Waals surface area contributed by atoms with Crippen LogP contribution in [0.25, 0.3) is 0 Å². The van der Waals surface area contributed by atoms with E-state index in [0.29, 0.717) is 5.41 Å². The number of aliphatic imine (C=N–C) groups is 1.